The molecule has 1 aromatic heterocycles. The Kier molecular flexibility index (Phi) is 4.99. The fraction of sp³-hybridized carbons (Fsp3) is 0.579. The van der Waals surface area contributed by atoms with Crippen LogP contribution in [-0.2, 0) is 11.3 Å². The highest BCUT2D eigenvalue weighted by Crippen LogP contribution is 2.23. The number of hydrogen-bond acceptors (Lipinski definition) is 4. The monoisotopic (exact) mass is 344 g/mol. The maximum Gasteiger partial charge on any atom is 0.407 e. The van der Waals surface area contributed by atoms with E-state index in [0.29, 0.717) is 6.04 Å². The molecule has 2 atom stereocenters. The van der Waals surface area contributed by atoms with Gasteiger partial charge < -0.3 is 10.1 Å². The van der Waals surface area contributed by atoms with Crippen molar-refractivity contribution in [2.45, 2.75) is 64.8 Å². The van der Waals surface area contributed by atoms with Crippen LogP contribution in [0.4, 0.5) is 4.79 Å². The van der Waals surface area contributed by atoms with E-state index in [0.717, 1.165) is 36.8 Å². The molecule has 0 radical (unpaired) electrons. The van der Waals surface area contributed by atoms with E-state index in [-0.39, 0.29) is 12.1 Å². The molecule has 1 amide bonds. The van der Waals surface area contributed by atoms with Crippen molar-refractivity contribution in [2.75, 3.05) is 6.54 Å². The van der Waals surface area contributed by atoms with Crippen LogP contribution in [0.3, 0.4) is 0 Å². The van der Waals surface area contributed by atoms with Crippen LogP contribution in [0.1, 0.15) is 46.1 Å². The number of nitrogens with zero attached hydrogens (tertiary/aromatic N) is 2. The summed E-state index contributed by atoms with van der Waals surface area (Å²) in [5.41, 5.74) is 1.92. The number of carbonyl (C=O) groups is 1. The standard InChI is InChI=1S/C19H28N4O2/c1-13-10-16(21-18(24)25-19(2,3)4)8-9-23(13)12-15-7-5-6-14-11-20-22-17(14)15/h5-7,11,13,16H,8-10,12H2,1-4H3,(H,20,22)(H,21,24). The van der Waals surface area contributed by atoms with Crippen LogP contribution < -0.4 is 5.32 Å². The predicted molar refractivity (Wildman–Crippen MR) is 98.4 cm³/mol. The molecule has 1 aliphatic rings. The van der Waals surface area contributed by atoms with Gasteiger partial charge in [0.2, 0.25) is 0 Å². The molecule has 0 bridgehead atoms. The van der Waals surface area contributed by atoms with Crippen molar-refractivity contribution in [1.82, 2.24) is 20.4 Å². The molecule has 0 spiro atoms. The molecular formula is C19H28N4O2. The van der Waals surface area contributed by atoms with Crippen molar-refractivity contribution in [3.8, 4) is 0 Å². The lowest BCUT2D eigenvalue weighted by Crippen LogP contribution is -2.49. The SMILES string of the molecule is CC1CC(NC(=O)OC(C)(C)C)CCN1Cc1cccc2cn[nH]c12. The maximum absolute atomic E-state index is 12.0. The number of benzene rings is 1. The molecule has 1 aromatic carbocycles. The van der Waals surface area contributed by atoms with Gasteiger partial charge in [0, 0.05) is 30.6 Å². The lowest BCUT2D eigenvalue weighted by atomic mass is 9.97. The van der Waals surface area contributed by atoms with Gasteiger partial charge in [0.15, 0.2) is 0 Å². The second-order valence-electron chi connectivity index (χ2n) is 7.94. The largest absolute Gasteiger partial charge is 0.444 e. The first-order valence-electron chi connectivity index (χ1n) is 8.96. The second-order valence-corrected chi connectivity index (χ2v) is 7.94. The van der Waals surface area contributed by atoms with Crippen molar-refractivity contribution >= 4 is 17.0 Å². The van der Waals surface area contributed by atoms with E-state index in [9.17, 15) is 4.79 Å². The number of para-hydroxylation sites is 1. The Morgan fingerprint density at radius 3 is 2.96 bits per heavy atom. The Labute approximate surface area is 148 Å². The van der Waals surface area contributed by atoms with Crippen LogP contribution in [0.2, 0.25) is 0 Å². The van der Waals surface area contributed by atoms with Crippen molar-refractivity contribution in [3.05, 3.63) is 30.0 Å². The molecule has 1 aliphatic heterocycles. The molecule has 136 valence electrons. The summed E-state index contributed by atoms with van der Waals surface area (Å²) in [7, 11) is 0. The lowest BCUT2D eigenvalue weighted by molar-refractivity contribution is 0.0453. The number of piperidine rings is 1. The van der Waals surface area contributed by atoms with Crippen LogP contribution in [-0.4, -0.2) is 45.4 Å². The van der Waals surface area contributed by atoms with Gasteiger partial charge in [0.25, 0.3) is 0 Å². The number of fused-ring (bicyclic) bond motifs is 1. The molecule has 1 fully saturated rings. The number of rotatable bonds is 3. The zero-order valence-electron chi connectivity index (χ0n) is 15.5. The zero-order chi connectivity index (χ0) is 18.0. The number of nitrogens with one attached hydrogen (secondary N) is 2. The van der Waals surface area contributed by atoms with Crippen molar-refractivity contribution < 1.29 is 9.53 Å². The molecule has 1 saturated heterocycles. The molecule has 2 aromatic rings. The number of likely N-dealkylation sites (tertiary alicyclic amines) is 1. The molecule has 25 heavy (non-hydrogen) atoms. The van der Waals surface area contributed by atoms with Crippen molar-refractivity contribution in [1.29, 1.82) is 0 Å². The van der Waals surface area contributed by atoms with Crippen LogP contribution in [0.25, 0.3) is 10.9 Å². The molecular weight excluding hydrogens is 316 g/mol. The Balaban J connectivity index is 1.57. The van der Waals surface area contributed by atoms with Gasteiger partial charge in [-0.05, 0) is 46.1 Å². The first-order valence-corrected chi connectivity index (χ1v) is 8.96. The highest BCUT2D eigenvalue weighted by molar-refractivity contribution is 5.81. The Morgan fingerprint density at radius 1 is 1.44 bits per heavy atom. The molecule has 0 aliphatic carbocycles. The van der Waals surface area contributed by atoms with E-state index in [1.54, 1.807) is 0 Å². The van der Waals surface area contributed by atoms with E-state index in [1.165, 1.54) is 5.56 Å². The number of hydrogen-bond donors (Lipinski definition) is 2. The van der Waals surface area contributed by atoms with Crippen molar-refractivity contribution in [3.63, 3.8) is 0 Å². The van der Waals surface area contributed by atoms with Gasteiger partial charge >= 0.3 is 6.09 Å². The minimum atomic E-state index is -0.459. The highest BCUT2D eigenvalue weighted by Gasteiger charge is 2.28. The molecule has 2 N–H and O–H groups in total. The third-order valence-corrected chi connectivity index (χ3v) is 4.67. The normalized spacial score (nSPS) is 22.1. The molecule has 6 nitrogen and oxygen atoms in total. The smallest absolute Gasteiger partial charge is 0.407 e. The molecule has 0 saturated carbocycles. The first-order chi connectivity index (χ1) is 11.8. The van der Waals surface area contributed by atoms with Gasteiger partial charge in [-0.3, -0.25) is 10.00 Å². The molecule has 2 heterocycles. The van der Waals surface area contributed by atoms with Crippen LogP contribution in [0.15, 0.2) is 24.4 Å². The number of carbonyl (C=O) groups excluding carboxylic acids is 1. The summed E-state index contributed by atoms with van der Waals surface area (Å²) in [6.07, 6.45) is 3.40. The zero-order valence-corrected chi connectivity index (χ0v) is 15.5. The quantitative estimate of drug-likeness (QED) is 0.895. The highest BCUT2D eigenvalue weighted by atomic mass is 16.6. The topological polar surface area (TPSA) is 70.2 Å². The number of amides is 1. The summed E-state index contributed by atoms with van der Waals surface area (Å²) in [5.74, 6) is 0. The molecule has 3 rings (SSSR count). The fourth-order valence-corrected chi connectivity index (χ4v) is 3.44. The Bertz CT molecular complexity index is 734. The summed E-state index contributed by atoms with van der Waals surface area (Å²) in [6, 6.07) is 6.87. The number of aromatic amines is 1. The number of ether oxygens (including phenoxy) is 1. The van der Waals surface area contributed by atoms with Gasteiger partial charge in [-0.15, -0.1) is 0 Å². The third-order valence-electron chi connectivity index (χ3n) is 4.67. The van der Waals surface area contributed by atoms with Crippen molar-refractivity contribution in [2.24, 2.45) is 0 Å². The summed E-state index contributed by atoms with van der Waals surface area (Å²) in [6.45, 7) is 9.71. The minimum Gasteiger partial charge on any atom is -0.444 e. The van der Waals surface area contributed by atoms with E-state index >= 15 is 0 Å². The summed E-state index contributed by atoms with van der Waals surface area (Å²) < 4.78 is 5.36. The van der Waals surface area contributed by atoms with Crippen LogP contribution in [0, 0.1) is 0 Å². The van der Waals surface area contributed by atoms with Gasteiger partial charge in [-0.25, -0.2) is 4.79 Å². The number of alkyl carbamates (subject to hydrolysis) is 1. The Morgan fingerprint density at radius 2 is 2.24 bits per heavy atom. The third kappa shape index (κ3) is 4.51. The van der Waals surface area contributed by atoms with Gasteiger partial charge in [0.05, 0.1) is 11.7 Å². The number of aromatic nitrogens is 2. The van der Waals surface area contributed by atoms with E-state index in [4.69, 9.17) is 4.74 Å². The second kappa shape index (κ2) is 7.04. The minimum absolute atomic E-state index is 0.170. The van der Waals surface area contributed by atoms with E-state index < -0.39 is 5.60 Å². The molecule has 6 heteroatoms. The van der Waals surface area contributed by atoms with E-state index in [1.807, 2.05) is 27.0 Å². The van der Waals surface area contributed by atoms with Gasteiger partial charge in [0.1, 0.15) is 5.60 Å². The average Bonchev–Trinajstić information content (AvgIpc) is 2.97. The van der Waals surface area contributed by atoms with Crippen LogP contribution in [0.5, 0.6) is 0 Å². The van der Waals surface area contributed by atoms with E-state index in [2.05, 4.69) is 45.5 Å². The Hall–Kier alpha value is -2.08. The molecule has 2 unspecified atom stereocenters. The summed E-state index contributed by atoms with van der Waals surface area (Å²) in [4.78, 5) is 14.4. The first kappa shape index (κ1) is 17.7. The van der Waals surface area contributed by atoms with Gasteiger partial charge in [-0.2, -0.15) is 5.10 Å². The summed E-state index contributed by atoms with van der Waals surface area (Å²) >= 11 is 0. The fourth-order valence-electron chi connectivity index (χ4n) is 3.44. The maximum atomic E-state index is 12.0. The van der Waals surface area contributed by atoms with Gasteiger partial charge in [-0.1, -0.05) is 18.2 Å². The average molecular weight is 344 g/mol. The summed E-state index contributed by atoms with van der Waals surface area (Å²) in [5, 5.41) is 11.4. The number of H-pyrrole nitrogens is 1. The van der Waals surface area contributed by atoms with Crippen LogP contribution >= 0.6 is 0 Å². The lowest BCUT2D eigenvalue weighted by Gasteiger charge is -2.38. The predicted octanol–water partition coefficient (Wildman–Crippen LogP) is 3.44.